The highest BCUT2D eigenvalue weighted by atomic mass is 16.5. The van der Waals surface area contributed by atoms with Gasteiger partial charge in [-0.15, -0.1) is 0 Å². The molecule has 0 atom stereocenters. The van der Waals surface area contributed by atoms with Gasteiger partial charge >= 0.3 is 0 Å². The molecule has 0 radical (unpaired) electrons. The molecule has 25 heavy (non-hydrogen) atoms. The van der Waals surface area contributed by atoms with Crippen LogP contribution in [0.1, 0.15) is 32.1 Å². The summed E-state index contributed by atoms with van der Waals surface area (Å²) in [7, 11) is 0. The highest BCUT2D eigenvalue weighted by Crippen LogP contribution is 2.21. The van der Waals surface area contributed by atoms with Crippen molar-refractivity contribution >= 4 is 12.1 Å². The summed E-state index contributed by atoms with van der Waals surface area (Å²) in [6.07, 6.45) is 0.771. The Labute approximate surface area is 146 Å². The number of nitrogens with zero attached hydrogens (tertiary/aromatic N) is 1. The lowest BCUT2D eigenvalue weighted by molar-refractivity contribution is 0.0920. The van der Waals surface area contributed by atoms with Crippen molar-refractivity contribution in [3.63, 3.8) is 0 Å². The minimum atomic E-state index is -0.0743. The maximum atomic E-state index is 12.6. The second-order valence-electron chi connectivity index (χ2n) is 5.85. The molecule has 3 aromatic rings. The Morgan fingerprint density at radius 3 is 2.36 bits per heavy atom. The van der Waals surface area contributed by atoms with Crippen molar-refractivity contribution in [2.75, 3.05) is 6.61 Å². The Morgan fingerprint density at radius 2 is 1.72 bits per heavy atom. The summed E-state index contributed by atoms with van der Waals surface area (Å²) < 4.78 is 7.62. The summed E-state index contributed by atoms with van der Waals surface area (Å²) in [6.45, 7) is 3.88. The molecule has 0 saturated heterocycles. The standard InChI is InChI=1S/C21H19NO3/c1-15-12-20(16(2)22(15)18-6-4-3-5-7-18)21(24)14-25-19-10-8-17(13-23)9-11-19/h3-13H,14H2,1-2H3. The normalized spacial score (nSPS) is 10.5. The van der Waals surface area contributed by atoms with E-state index in [0.29, 0.717) is 16.9 Å². The summed E-state index contributed by atoms with van der Waals surface area (Å²) in [4.78, 5) is 23.2. The van der Waals surface area contributed by atoms with Gasteiger partial charge in [0.15, 0.2) is 6.61 Å². The van der Waals surface area contributed by atoms with Crippen LogP contribution in [-0.2, 0) is 0 Å². The smallest absolute Gasteiger partial charge is 0.202 e. The number of aromatic nitrogens is 1. The fraction of sp³-hybridized carbons (Fsp3) is 0.143. The second-order valence-corrected chi connectivity index (χ2v) is 5.85. The SMILES string of the molecule is Cc1cc(C(=O)COc2ccc(C=O)cc2)c(C)n1-c1ccccc1. The van der Waals surface area contributed by atoms with Crippen molar-refractivity contribution in [2.45, 2.75) is 13.8 Å². The molecule has 0 aliphatic carbocycles. The molecule has 0 saturated carbocycles. The van der Waals surface area contributed by atoms with E-state index in [0.717, 1.165) is 23.4 Å². The van der Waals surface area contributed by atoms with Crippen molar-refractivity contribution < 1.29 is 14.3 Å². The minimum Gasteiger partial charge on any atom is -0.485 e. The topological polar surface area (TPSA) is 48.3 Å². The second kappa shape index (κ2) is 7.18. The van der Waals surface area contributed by atoms with Crippen LogP contribution in [0, 0.1) is 13.8 Å². The Kier molecular flexibility index (Phi) is 4.80. The molecular formula is C21H19NO3. The highest BCUT2D eigenvalue weighted by molar-refractivity contribution is 5.98. The van der Waals surface area contributed by atoms with Gasteiger partial charge in [0.1, 0.15) is 12.0 Å². The van der Waals surface area contributed by atoms with E-state index in [1.165, 1.54) is 0 Å². The van der Waals surface area contributed by atoms with Crippen LogP contribution in [0.25, 0.3) is 5.69 Å². The van der Waals surface area contributed by atoms with Gasteiger partial charge in [-0.3, -0.25) is 9.59 Å². The number of aldehydes is 1. The van der Waals surface area contributed by atoms with Crippen molar-refractivity contribution in [3.8, 4) is 11.4 Å². The molecule has 0 N–H and O–H groups in total. The molecule has 126 valence electrons. The molecule has 3 rings (SSSR count). The molecule has 4 nitrogen and oxygen atoms in total. The predicted octanol–water partition coefficient (Wildman–Crippen LogP) is 4.17. The fourth-order valence-corrected chi connectivity index (χ4v) is 2.89. The zero-order chi connectivity index (χ0) is 17.8. The monoisotopic (exact) mass is 333 g/mol. The van der Waals surface area contributed by atoms with E-state index < -0.39 is 0 Å². The van der Waals surface area contributed by atoms with Gasteiger partial charge in [-0.25, -0.2) is 0 Å². The van der Waals surface area contributed by atoms with Crippen LogP contribution in [-0.4, -0.2) is 23.2 Å². The van der Waals surface area contributed by atoms with Gasteiger partial charge in [-0.1, -0.05) is 18.2 Å². The zero-order valence-corrected chi connectivity index (χ0v) is 14.2. The minimum absolute atomic E-state index is 0.0421. The third kappa shape index (κ3) is 3.53. The first-order chi connectivity index (χ1) is 12.1. The van der Waals surface area contributed by atoms with E-state index in [1.807, 2.05) is 50.2 Å². The predicted molar refractivity (Wildman–Crippen MR) is 96.9 cm³/mol. The average Bonchev–Trinajstić information content (AvgIpc) is 2.95. The fourth-order valence-electron chi connectivity index (χ4n) is 2.89. The molecule has 0 aliphatic rings. The molecular weight excluding hydrogens is 314 g/mol. The molecule has 4 heteroatoms. The number of benzene rings is 2. The lowest BCUT2D eigenvalue weighted by Crippen LogP contribution is -2.12. The van der Waals surface area contributed by atoms with E-state index >= 15 is 0 Å². The average molecular weight is 333 g/mol. The Hall–Kier alpha value is -3.14. The van der Waals surface area contributed by atoms with Gasteiger partial charge in [0, 0.05) is 28.2 Å². The summed E-state index contributed by atoms with van der Waals surface area (Å²) in [5.74, 6) is 0.491. The van der Waals surface area contributed by atoms with Crippen molar-refractivity contribution in [1.29, 1.82) is 0 Å². The van der Waals surface area contributed by atoms with Gasteiger partial charge < -0.3 is 9.30 Å². The van der Waals surface area contributed by atoms with E-state index in [1.54, 1.807) is 24.3 Å². The molecule has 0 unspecified atom stereocenters. The molecule has 0 amide bonds. The van der Waals surface area contributed by atoms with Crippen LogP contribution < -0.4 is 4.74 Å². The summed E-state index contributed by atoms with van der Waals surface area (Å²) in [5, 5.41) is 0. The molecule has 0 bridgehead atoms. The van der Waals surface area contributed by atoms with Gasteiger partial charge in [0.2, 0.25) is 5.78 Å². The molecule has 1 heterocycles. The quantitative estimate of drug-likeness (QED) is 0.502. The Balaban J connectivity index is 1.77. The Bertz CT molecular complexity index is 893. The molecule has 0 fully saturated rings. The van der Waals surface area contributed by atoms with Gasteiger partial charge in [0.05, 0.1) is 0 Å². The number of ketones is 1. The number of rotatable bonds is 6. The number of hydrogen-bond donors (Lipinski definition) is 0. The van der Waals surface area contributed by atoms with Crippen LogP contribution in [0.5, 0.6) is 5.75 Å². The van der Waals surface area contributed by atoms with Crippen molar-refractivity contribution in [1.82, 2.24) is 4.57 Å². The number of Topliss-reactive ketones (excluding diaryl/α,β-unsaturated/α-hetero) is 1. The van der Waals surface area contributed by atoms with E-state index in [2.05, 4.69) is 4.57 Å². The van der Waals surface area contributed by atoms with E-state index in [4.69, 9.17) is 4.74 Å². The van der Waals surface area contributed by atoms with Crippen LogP contribution in [0.15, 0.2) is 60.7 Å². The lowest BCUT2D eigenvalue weighted by atomic mass is 10.1. The maximum Gasteiger partial charge on any atom is 0.202 e. The molecule has 0 aliphatic heterocycles. The van der Waals surface area contributed by atoms with Crippen LogP contribution in [0.4, 0.5) is 0 Å². The summed E-state index contributed by atoms with van der Waals surface area (Å²) in [5.41, 5.74) is 4.16. The largest absolute Gasteiger partial charge is 0.485 e. The first-order valence-electron chi connectivity index (χ1n) is 8.06. The van der Waals surface area contributed by atoms with Crippen molar-refractivity contribution in [3.05, 3.63) is 83.2 Å². The lowest BCUT2D eigenvalue weighted by Gasteiger charge is -2.10. The van der Waals surface area contributed by atoms with E-state index in [9.17, 15) is 9.59 Å². The number of carbonyl (C=O) groups is 2. The zero-order valence-electron chi connectivity index (χ0n) is 14.2. The third-order valence-corrected chi connectivity index (χ3v) is 4.13. The highest BCUT2D eigenvalue weighted by Gasteiger charge is 2.17. The Morgan fingerprint density at radius 1 is 1.04 bits per heavy atom. The van der Waals surface area contributed by atoms with Crippen LogP contribution >= 0.6 is 0 Å². The maximum absolute atomic E-state index is 12.6. The number of hydrogen-bond acceptors (Lipinski definition) is 3. The number of ether oxygens (including phenoxy) is 1. The third-order valence-electron chi connectivity index (χ3n) is 4.13. The van der Waals surface area contributed by atoms with Gasteiger partial charge in [-0.2, -0.15) is 0 Å². The number of para-hydroxylation sites is 1. The number of aryl methyl sites for hydroxylation is 1. The molecule has 2 aromatic carbocycles. The van der Waals surface area contributed by atoms with Crippen molar-refractivity contribution in [2.24, 2.45) is 0 Å². The van der Waals surface area contributed by atoms with Gasteiger partial charge in [-0.05, 0) is 56.3 Å². The first kappa shape index (κ1) is 16.7. The number of carbonyl (C=O) groups excluding carboxylic acids is 2. The first-order valence-corrected chi connectivity index (χ1v) is 8.06. The molecule has 0 spiro atoms. The molecule has 1 aromatic heterocycles. The summed E-state index contributed by atoms with van der Waals surface area (Å²) in [6, 6.07) is 18.5. The van der Waals surface area contributed by atoms with Crippen LogP contribution in [0.2, 0.25) is 0 Å². The van der Waals surface area contributed by atoms with E-state index in [-0.39, 0.29) is 12.4 Å². The summed E-state index contributed by atoms with van der Waals surface area (Å²) >= 11 is 0. The van der Waals surface area contributed by atoms with Crippen LogP contribution in [0.3, 0.4) is 0 Å². The van der Waals surface area contributed by atoms with Gasteiger partial charge in [0.25, 0.3) is 0 Å².